The van der Waals surface area contributed by atoms with Crippen molar-refractivity contribution in [2.24, 2.45) is 0 Å². The van der Waals surface area contributed by atoms with Gasteiger partial charge in [-0.25, -0.2) is 0 Å². The molecule has 10 nitrogen and oxygen atoms in total. The van der Waals surface area contributed by atoms with E-state index in [9.17, 15) is 19.2 Å². The van der Waals surface area contributed by atoms with Crippen molar-refractivity contribution in [2.75, 3.05) is 13.2 Å². The molecule has 0 aromatic heterocycles. The number of benzene rings is 2. The summed E-state index contributed by atoms with van der Waals surface area (Å²) >= 11 is 0. The maximum Gasteiger partial charge on any atom is 0.306 e. The number of esters is 2. The van der Waals surface area contributed by atoms with Crippen LogP contribution in [0.1, 0.15) is 113 Å². The van der Waals surface area contributed by atoms with Crippen LogP contribution in [0.4, 0.5) is 0 Å². The summed E-state index contributed by atoms with van der Waals surface area (Å²) in [4.78, 5) is 50.7. The second kappa shape index (κ2) is 18.3. The molecule has 2 aromatic rings. The molecule has 0 unspecified atom stereocenters. The number of ether oxygens (including phenoxy) is 6. The molecule has 4 aliphatic rings. The van der Waals surface area contributed by atoms with E-state index in [0.29, 0.717) is 24.0 Å². The van der Waals surface area contributed by atoms with Gasteiger partial charge in [-0.3, -0.25) is 19.2 Å². The molecule has 0 bridgehead atoms. The van der Waals surface area contributed by atoms with Crippen LogP contribution in [0.25, 0.3) is 0 Å². The van der Waals surface area contributed by atoms with Crippen molar-refractivity contribution in [3.05, 3.63) is 70.8 Å². The van der Waals surface area contributed by atoms with Gasteiger partial charge >= 0.3 is 11.9 Å². The van der Waals surface area contributed by atoms with Gasteiger partial charge in [-0.05, 0) is 73.6 Å². The van der Waals surface area contributed by atoms with Crippen LogP contribution in [-0.2, 0) is 60.4 Å². The average molecular weight is 739 g/mol. The van der Waals surface area contributed by atoms with E-state index in [1.165, 1.54) is 13.8 Å². The fraction of sp³-hybridized carbons (Fsp3) is 0.545. The first-order valence-electron chi connectivity index (χ1n) is 19.4. The number of ketones is 2. The van der Waals surface area contributed by atoms with E-state index >= 15 is 0 Å². The van der Waals surface area contributed by atoms with Crippen molar-refractivity contribution < 1.29 is 47.6 Å². The molecular formula is C44H50O10. The van der Waals surface area contributed by atoms with Gasteiger partial charge in [0.05, 0.1) is 13.2 Å². The van der Waals surface area contributed by atoms with Crippen molar-refractivity contribution in [1.82, 2.24) is 0 Å². The molecule has 2 aliphatic heterocycles. The van der Waals surface area contributed by atoms with Crippen LogP contribution in [0.2, 0.25) is 0 Å². The third-order valence-corrected chi connectivity index (χ3v) is 10.6. The lowest BCUT2D eigenvalue weighted by atomic mass is 9.94. The molecule has 2 heterocycles. The van der Waals surface area contributed by atoms with Crippen molar-refractivity contribution in [3.8, 4) is 23.7 Å². The maximum atomic E-state index is 13.8. The van der Waals surface area contributed by atoms with E-state index in [4.69, 9.17) is 28.4 Å². The monoisotopic (exact) mass is 738 g/mol. The highest BCUT2D eigenvalue weighted by atomic mass is 16.8. The van der Waals surface area contributed by atoms with E-state index < -0.39 is 47.9 Å². The Labute approximate surface area is 317 Å². The summed E-state index contributed by atoms with van der Waals surface area (Å²) in [7, 11) is 0. The molecule has 286 valence electrons. The number of hydrogen-bond acceptors (Lipinski definition) is 10. The molecule has 54 heavy (non-hydrogen) atoms. The van der Waals surface area contributed by atoms with E-state index in [2.05, 4.69) is 23.7 Å². The van der Waals surface area contributed by atoms with Crippen molar-refractivity contribution in [3.63, 3.8) is 0 Å². The third kappa shape index (κ3) is 10.5. The van der Waals surface area contributed by atoms with Crippen LogP contribution in [-0.4, -0.2) is 72.7 Å². The zero-order valence-corrected chi connectivity index (χ0v) is 31.3. The van der Waals surface area contributed by atoms with E-state index in [-0.39, 0.29) is 37.6 Å². The number of Topliss-reactive ketones (excluding diaryl/α,β-unsaturated/α-hetero) is 2. The maximum absolute atomic E-state index is 13.8. The van der Waals surface area contributed by atoms with Crippen LogP contribution in [0, 0.1) is 23.7 Å². The fourth-order valence-electron chi connectivity index (χ4n) is 7.82. The minimum atomic E-state index is -1.04. The quantitative estimate of drug-likeness (QED) is 0.197. The summed E-state index contributed by atoms with van der Waals surface area (Å²) in [5.41, 5.74) is 2.95. The van der Waals surface area contributed by atoms with Gasteiger partial charge in [0.2, 0.25) is 11.6 Å². The predicted octanol–water partition coefficient (Wildman–Crippen LogP) is 6.11. The van der Waals surface area contributed by atoms with Crippen molar-refractivity contribution in [2.45, 2.75) is 140 Å². The lowest BCUT2D eigenvalue weighted by Gasteiger charge is -2.36. The average Bonchev–Trinajstić information content (AvgIpc) is 3.77. The second-order valence-electron chi connectivity index (χ2n) is 14.7. The highest BCUT2D eigenvalue weighted by Gasteiger charge is 2.54. The predicted molar refractivity (Wildman–Crippen MR) is 198 cm³/mol. The smallest absolute Gasteiger partial charge is 0.306 e. The standard InChI is InChI=1S/C44H50O10/c1-31(45)17-19-33-13-5-7-15-35(33)21-23-39(47)51-41(37-29-49-43(53-37)25-9-3-10-26-43)42(38-30-50-44(54-38)27-11-4-12-28-44)52-40(48)24-22-36-16-8-6-14-34(36)20-18-32(2)46/h5-8,13-16,37-38,41-42H,3-4,9-12,21-30H2,1-2H3/t37-,38-,41+,42+/m0/s1. The summed E-state index contributed by atoms with van der Waals surface area (Å²) in [6.45, 7) is 3.14. The first kappa shape index (κ1) is 39.4. The number of hydrogen-bond donors (Lipinski definition) is 0. The SMILES string of the molecule is CC(=O)C#Cc1ccccc1CCC(=O)O[C@@H]([C@H](OC(=O)CCc1ccccc1C#CC(C)=O)[C@@H]1COC2(CCCCC2)O1)[C@@H]1COC2(CCCCC2)O1. The van der Waals surface area contributed by atoms with Crippen molar-refractivity contribution >= 4 is 23.5 Å². The van der Waals surface area contributed by atoms with Crippen LogP contribution in [0.5, 0.6) is 0 Å². The largest absolute Gasteiger partial charge is 0.455 e. The van der Waals surface area contributed by atoms with Gasteiger partial charge in [-0.15, -0.1) is 0 Å². The normalized spacial score (nSPS) is 22.3. The highest BCUT2D eigenvalue weighted by molar-refractivity contribution is 5.94. The summed E-state index contributed by atoms with van der Waals surface area (Å²) in [5.74, 6) is 7.89. The van der Waals surface area contributed by atoms with Gasteiger partial charge in [0.25, 0.3) is 0 Å². The van der Waals surface area contributed by atoms with Gasteiger partial charge in [0, 0.05) is 63.5 Å². The minimum absolute atomic E-state index is 0.0126. The second-order valence-corrected chi connectivity index (χ2v) is 14.7. The van der Waals surface area contributed by atoms with Gasteiger partial charge < -0.3 is 28.4 Å². The Morgan fingerprint density at radius 2 is 1.02 bits per heavy atom. The Kier molecular flexibility index (Phi) is 13.4. The molecule has 2 aromatic carbocycles. The van der Waals surface area contributed by atoms with E-state index in [1.54, 1.807) is 0 Å². The highest BCUT2D eigenvalue weighted by Crippen LogP contribution is 2.43. The molecular weight excluding hydrogens is 688 g/mol. The zero-order valence-electron chi connectivity index (χ0n) is 31.3. The van der Waals surface area contributed by atoms with Crippen LogP contribution >= 0.6 is 0 Å². The van der Waals surface area contributed by atoms with E-state index in [0.717, 1.165) is 75.3 Å². The summed E-state index contributed by atoms with van der Waals surface area (Å²) < 4.78 is 38.6. The van der Waals surface area contributed by atoms with Crippen LogP contribution in [0.3, 0.4) is 0 Å². The first-order valence-corrected chi connectivity index (χ1v) is 19.4. The Morgan fingerprint density at radius 3 is 1.41 bits per heavy atom. The third-order valence-electron chi connectivity index (χ3n) is 10.6. The van der Waals surface area contributed by atoms with Crippen LogP contribution < -0.4 is 0 Å². The molecule has 2 spiro atoms. The van der Waals surface area contributed by atoms with Crippen molar-refractivity contribution in [1.29, 1.82) is 0 Å². The van der Waals surface area contributed by atoms with Crippen LogP contribution in [0.15, 0.2) is 48.5 Å². The lowest BCUT2D eigenvalue weighted by molar-refractivity contribution is -0.228. The van der Waals surface area contributed by atoms with Gasteiger partial charge in [-0.1, -0.05) is 61.1 Å². The molecule has 4 atom stereocenters. The molecule has 0 amide bonds. The molecule has 2 aliphatic carbocycles. The Balaban J connectivity index is 1.25. The Morgan fingerprint density at radius 1 is 0.630 bits per heavy atom. The number of carbonyl (C=O) groups excluding carboxylic acids is 4. The molecule has 10 heteroatoms. The zero-order chi connectivity index (χ0) is 38.0. The van der Waals surface area contributed by atoms with Gasteiger partial charge in [-0.2, -0.15) is 0 Å². The summed E-state index contributed by atoms with van der Waals surface area (Å²) in [6.07, 6.45) is 6.08. The Bertz CT molecular complexity index is 1660. The van der Waals surface area contributed by atoms with E-state index in [1.807, 2.05) is 48.5 Å². The van der Waals surface area contributed by atoms with Gasteiger partial charge in [0.1, 0.15) is 12.2 Å². The number of aryl methyl sites for hydroxylation is 2. The molecule has 0 N–H and O–H groups in total. The first-order chi connectivity index (χ1) is 26.1. The van der Waals surface area contributed by atoms with Gasteiger partial charge in [0.15, 0.2) is 23.8 Å². The molecule has 2 saturated heterocycles. The number of rotatable bonds is 11. The lowest BCUT2D eigenvalue weighted by Crippen LogP contribution is -2.52. The fourth-order valence-corrected chi connectivity index (χ4v) is 7.82. The Hall–Kier alpha value is -4.32. The minimum Gasteiger partial charge on any atom is -0.455 e. The molecule has 4 fully saturated rings. The summed E-state index contributed by atoms with van der Waals surface area (Å²) in [6, 6.07) is 14.8. The molecule has 6 rings (SSSR count). The molecule has 2 saturated carbocycles. The summed E-state index contributed by atoms with van der Waals surface area (Å²) in [5, 5.41) is 0. The molecule has 0 radical (unpaired) electrons. The topological polar surface area (TPSA) is 124 Å². The number of carbonyl (C=O) groups is 4.